The second-order valence-corrected chi connectivity index (χ2v) is 6.23. The number of ether oxygens (including phenoxy) is 3. The fourth-order valence-corrected chi connectivity index (χ4v) is 3.24. The van der Waals surface area contributed by atoms with Crippen molar-refractivity contribution in [3.8, 4) is 23.6 Å². The Morgan fingerprint density at radius 1 is 0.880 bits per heavy atom. The van der Waals surface area contributed by atoms with Gasteiger partial charge in [0, 0.05) is 11.1 Å². The minimum atomic E-state index is -0.231. The van der Waals surface area contributed by atoms with Crippen LogP contribution in [0.5, 0.6) is 11.5 Å². The molecule has 2 unspecified atom stereocenters. The highest BCUT2D eigenvalue weighted by molar-refractivity contribution is 5.71. The van der Waals surface area contributed by atoms with E-state index in [1.807, 2.05) is 12.2 Å². The van der Waals surface area contributed by atoms with Crippen LogP contribution in [0.3, 0.4) is 0 Å². The monoisotopic (exact) mass is 338 g/mol. The van der Waals surface area contributed by atoms with Crippen molar-refractivity contribution in [2.75, 3.05) is 13.2 Å². The molecule has 130 valence electrons. The number of hydrogen-bond donors (Lipinski definition) is 0. The molecule has 5 nitrogen and oxygen atoms in total. The van der Waals surface area contributed by atoms with E-state index >= 15 is 0 Å². The topological polar surface area (TPSA) is 75.3 Å². The van der Waals surface area contributed by atoms with Gasteiger partial charge in [0.25, 0.3) is 0 Å². The van der Waals surface area contributed by atoms with E-state index in [1.165, 1.54) is 0 Å². The largest absolute Gasteiger partial charge is 0.492 e. The van der Waals surface area contributed by atoms with Crippen LogP contribution in [0.2, 0.25) is 0 Å². The molecule has 3 rings (SSSR count). The summed E-state index contributed by atoms with van der Waals surface area (Å²) < 4.78 is 17.8. The number of unbranched alkanes of at least 4 members (excludes halogenated alkanes) is 2. The molecule has 0 saturated heterocycles. The van der Waals surface area contributed by atoms with E-state index < -0.39 is 0 Å². The first-order valence-electron chi connectivity index (χ1n) is 8.90. The third kappa shape index (κ3) is 2.97. The summed E-state index contributed by atoms with van der Waals surface area (Å²) in [7, 11) is 0. The third-order valence-corrected chi connectivity index (χ3v) is 4.52. The van der Waals surface area contributed by atoms with Crippen LogP contribution in [-0.4, -0.2) is 13.2 Å². The summed E-state index contributed by atoms with van der Waals surface area (Å²) in [6.45, 7) is 5.19. The molecule has 0 spiro atoms. The maximum atomic E-state index is 9.69. The number of rotatable bonds is 8. The van der Waals surface area contributed by atoms with Crippen molar-refractivity contribution in [3.63, 3.8) is 0 Å². The van der Waals surface area contributed by atoms with Gasteiger partial charge in [0.2, 0.25) is 0 Å². The summed E-state index contributed by atoms with van der Waals surface area (Å²) in [5, 5.41) is 19.4. The fraction of sp³-hybridized carbons (Fsp3) is 0.500. The van der Waals surface area contributed by atoms with Crippen molar-refractivity contribution < 1.29 is 14.2 Å². The molecule has 0 radical (unpaired) electrons. The minimum Gasteiger partial charge on any atom is -0.492 e. The Kier molecular flexibility index (Phi) is 5.26. The quantitative estimate of drug-likeness (QED) is 0.516. The van der Waals surface area contributed by atoms with E-state index in [0.29, 0.717) is 24.7 Å². The molecular weight excluding hydrogens is 316 g/mol. The molecule has 0 aliphatic carbocycles. The average molecular weight is 338 g/mol. The van der Waals surface area contributed by atoms with Gasteiger partial charge in [-0.3, -0.25) is 0 Å². The number of fused-ring (bicyclic) bond motifs is 5. The Bertz CT molecular complexity index is 708. The molecule has 5 heteroatoms. The molecular formula is C20H22N2O3. The Labute approximate surface area is 148 Å². The Morgan fingerprint density at radius 3 is 1.68 bits per heavy atom. The highest BCUT2D eigenvalue weighted by Crippen LogP contribution is 2.55. The molecule has 2 atom stereocenters. The highest BCUT2D eigenvalue weighted by Gasteiger charge is 2.42. The summed E-state index contributed by atoms with van der Waals surface area (Å²) in [5.74, 6) is 0.976. The standard InChI is InChI=1S/C20H22N2O3/c1-3-5-9-23-19-13(11-21)14(12-22)20(24-10-6-4-2)18-16-8-7-15(25-16)17(18)19/h7-8,15-16H,3-6,9-10H2,1-2H3. The number of hydrogen-bond acceptors (Lipinski definition) is 5. The van der Waals surface area contributed by atoms with Crippen LogP contribution in [-0.2, 0) is 4.74 Å². The molecule has 2 aliphatic heterocycles. The van der Waals surface area contributed by atoms with Gasteiger partial charge < -0.3 is 14.2 Å². The van der Waals surface area contributed by atoms with Gasteiger partial charge >= 0.3 is 0 Å². The predicted molar refractivity (Wildman–Crippen MR) is 92.4 cm³/mol. The molecule has 0 aromatic heterocycles. The molecule has 2 heterocycles. The van der Waals surface area contributed by atoms with Crippen LogP contribution in [0.1, 0.15) is 74.0 Å². The normalized spacial score (nSPS) is 19.4. The van der Waals surface area contributed by atoms with Gasteiger partial charge in [-0.15, -0.1) is 0 Å². The summed E-state index contributed by atoms with van der Waals surface area (Å²) >= 11 is 0. The van der Waals surface area contributed by atoms with Gasteiger partial charge in [-0.05, 0) is 12.8 Å². The van der Waals surface area contributed by atoms with Gasteiger partial charge in [0.15, 0.2) is 0 Å². The second-order valence-electron chi connectivity index (χ2n) is 6.23. The van der Waals surface area contributed by atoms with Crippen LogP contribution < -0.4 is 9.47 Å². The van der Waals surface area contributed by atoms with Gasteiger partial charge in [0.05, 0.1) is 13.2 Å². The number of benzene rings is 1. The number of nitriles is 2. The van der Waals surface area contributed by atoms with Crippen LogP contribution in [0.4, 0.5) is 0 Å². The van der Waals surface area contributed by atoms with Gasteiger partial charge in [-0.1, -0.05) is 38.8 Å². The van der Waals surface area contributed by atoms with Crippen molar-refractivity contribution in [2.45, 2.75) is 51.7 Å². The van der Waals surface area contributed by atoms with Gasteiger partial charge in [-0.2, -0.15) is 10.5 Å². The zero-order chi connectivity index (χ0) is 17.8. The Hall–Kier alpha value is -2.50. The van der Waals surface area contributed by atoms with Gasteiger partial charge in [-0.25, -0.2) is 0 Å². The van der Waals surface area contributed by atoms with E-state index in [2.05, 4.69) is 26.0 Å². The first-order valence-corrected chi connectivity index (χ1v) is 8.90. The van der Waals surface area contributed by atoms with Crippen LogP contribution >= 0.6 is 0 Å². The van der Waals surface area contributed by atoms with Crippen LogP contribution in [0.15, 0.2) is 12.2 Å². The summed E-state index contributed by atoms with van der Waals surface area (Å²) in [6, 6.07) is 4.31. The van der Waals surface area contributed by atoms with Crippen LogP contribution in [0, 0.1) is 22.7 Å². The van der Waals surface area contributed by atoms with Crippen LogP contribution in [0.25, 0.3) is 0 Å². The molecule has 1 aromatic rings. The molecule has 0 N–H and O–H groups in total. The zero-order valence-corrected chi connectivity index (χ0v) is 14.7. The lowest BCUT2D eigenvalue weighted by molar-refractivity contribution is 0.0856. The highest BCUT2D eigenvalue weighted by atomic mass is 16.5. The summed E-state index contributed by atoms with van der Waals surface area (Å²) in [4.78, 5) is 0. The molecule has 25 heavy (non-hydrogen) atoms. The molecule has 0 amide bonds. The fourth-order valence-electron chi connectivity index (χ4n) is 3.24. The van der Waals surface area contributed by atoms with E-state index in [9.17, 15) is 10.5 Å². The Balaban J connectivity index is 2.12. The zero-order valence-electron chi connectivity index (χ0n) is 14.7. The lowest BCUT2D eigenvalue weighted by Gasteiger charge is -2.21. The van der Waals surface area contributed by atoms with E-state index in [1.54, 1.807) is 0 Å². The lowest BCUT2D eigenvalue weighted by atomic mass is 9.89. The predicted octanol–water partition coefficient (Wildman–Crippen LogP) is 4.47. The van der Waals surface area contributed by atoms with Crippen molar-refractivity contribution in [1.82, 2.24) is 0 Å². The summed E-state index contributed by atoms with van der Waals surface area (Å²) in [6.07, 6.45) is 7.26. The minimum absolute atomic E-state index is 0.231. The second kappa shape index (κ2) is 7.59. The maximum absolute atomic E-state index is 9.69. The maximum Gasteiger partial charge on any atom is 0.145 e. The SMILES string of the molecule is CCCCOc1c(C#N)c(C#N)c(OCCCC)c2c1C1C=CC2O1. The van der Waals surface area contributed by atoms with Crippen molar-refractivity contribution in [1.29, 1.82) is 10.5 Å². The number of nitrogens with zero attached hydrogens (tertiary/aromatic N) is 2. The molecule has 0 saturated carbocycles. The Morgan fingerprint density at radius 2 is 1.32 bits per heavy atom. The van der Waals surface area contributed by atoms with E-state index in [4.69, 9.17) is 14.2 Å². The molecule has 1 aromatic carbocycles. The molecule has 2 bridgehead atoms. The smallest absolute Gasteiger partial charge is 0.145 e. The van der Waals surface area contributed by atoms with Crippen molar-refractivity contribution in [3.05, 3.63) is 34.4 Å². The third-order valence-electron chi connectivity index (χ3n) is 4.52. The lowest BCUT2D eigenvalue weighted by Crippen LogP contribution is -2.11. The van der Waals surface area contributed by atoms with E-state index in [0.717, 1.165) is 36.8 Å². The molecule has 0 fully saturated rings. The summed E-state index contributed by atoms with van der Waals surface area (Å²) in [5.41, 5.74) is 2.22. The van der Waals surface area contributed by atoms with Gasteiger partial charge in [0.1, 0.15) is 47.0 Å². The molecule has 2 aliphatic rings. The average Bonchev–Trinajstić information content (AvgIpc) is 3.24. The first-order chi connectivity index (χ1) is 12.3. The van der Waals surface area contributed by atoms with Crippen molar-refractivity contribution >= 4 is 0 Å². The van der Waals surface area contributed by atoms with E-state index in [-0.39, 0.29) is 23.3 Å². The first kappa shape index (κ1) is 17.3. The van der Waals surface area contributed by atoms with Crippen molar-refractivity contribution in [2.24, 2.45) is 0 Å².